The Bertz CT molecular complexity index is 508. The van der Waals surface area contributed by atoms with Crippen LogP contribution in [0.2, 0.25) is 0 Å². The summed E-state index contributed by atoms with van der Waals surface area (Å²) in [5.41, 5.74) is 8.31. The zero-order valence-corrected chi connectivity index (χ0v) is 9.97. The number of rotatable bonds is 4. The lowest BCUT2D eigenvalue weighted by molar-refractivity contribution is -0.120. The van der Waals surface area contributed by atoms with Crippen LogP contribution < -0.4 is 11.1 Å². The Morgan fingerprint density at radius 1 is 1.06 bits per heavy atom. The molecule has 2 rings (SSSR count). The maximum Gasteiger partial charge on any atom is 0.224 e. The number of hydrogen-bond donors (Lipinski definition) is 2. The number of anilines is 1. The lowest BCUT2D eigenvalue weighted by Gasteiger charge is -2.05. The van der Waals surface area contributed by atoms with Crippen LogP contribution in [-0.2, 0) is 17.8 Å². The molecule has 4 nitrogen and oxygen atoms in total. The summed E-state index contributed by atoms with van der Waals surface area (Å²) < 4.78 is 0. The van der Waals surface area contributed by atoms with Crippen LogP contribution in [0.5, 0.6) is 0 Å². The Hall–Kier alpha value is -2.36. The number of carbonyl (C=O) groups is 1. The van der Waals surface area contributed by atoms with Gasteiger partial charge in [0.1, 0.15) is 0 Å². The van der Waals surface area contributed by atoms with Crippen molar-refractivity contribution in [3.05, 3.63) is 59.9 Å². The molecule has 0 saturated carbocycles. The first-order valence-electron chi connectivity index (χ1n) is 5.74. The molecule has 92 valence electrons. The van der Waals surface area contributed by atoms with Gasteiger partial charge in [0.2, 0.25) is 5.91 Å². The third-order valence-corrected chi connectivity index (χ3v) is 2.58. The van der Waals surface area contributed by atoms with E-state index in [2.05, 4.69) is 10.3 Å². The van der Waals surface area contributed by atoms with Crippen LogP contribution in [0.15, 0.2) is 48.8 Å². The fraction of sp³-hybridized carbons (Fsp3) is 0.143. The molecule has 0 spiro atoms. The lowest BCUT2D eigenvalue weighted by atomic mass is 10.2. The summed E-state index contributed by atoms with van der Waals surface area (Å²) in [5, 5.41) is 2.87. The minimum absolute atomic E-state index is 0.00183. The van der Waals surface area contributed by atoms with Crippen molar-refractivity contribution in [2.75, 3.05) is 5.73 Å². The Morgan fingerprint density at radius 3 is 2.39 bits per heavy atom. The molecular weight excluding hydrogens is 226 g/mol. The van der Waals surface area contributed by atoms with Crippen molar-refractivity contribution < 1.29 is 4.79 Å². The number of nitrogens with one attached hydrogen (secondary N) is 1. The molecule has 1 aromatic carbocycles. The third-order valence-electron chi connectivity index (χ3n) is 2.58. The molecule has 4 heteroatoms. The van der Waals surface area contributed by atoms with Crippen molar-refractivity contribution in [3.8, 4) is 0 Å². The molecule has 0 unspecified atom stereocenters. The quantitative estimate of drug-likeness (QED) is 0.797. The molecular formula is C14H15N3O. The van der Waals surface area contributed by atoms with Gasteiger partial charge in [0.05, 0.1) is 6.42 Å². The van der Waals surface area contributed by atoms with Gasteiger partial charge in [-0.15, -0.1) is 0 Å². The van der Waals surface area contributed by atoms with Crippen molar-refractivity contribution in [1.82, 2.24) is 10.3 Å². The maximum absolute atomic E-state index is 11.7. The third kappa shape index (κ3) is 3.59. The molecule has 0 aliphatic rings. The first kappa shape index (κ1) is 12.1. The molecule has 2 aromatic rings. The highest BCUT2D eigenvalue weighted by molar-refractivity contribution is 5.78. The summed E-state index contributed by atoms with van der Waals surface area (Å²) in [6.07, 6.45) is 3.74. The standard InChI is InChI=1S/C14H15N3O/c15-13-3-1-12(2-4-13)10-17-14(18)9-11-5-7-16-8-6-11/h1-8H,9-10,15H2,(H,17,18). The number of nitrogens with two attached hydrogens (primary N) is 1. The van der Waals surface area contributed by atoms with E-state index in [9.17, 15) is 4.79 Å². The summed E-state index contributed by atoms with van der Waals surface area (Å²) in [5.74, 6) is -0.00183. The highest BCUT2D eigenvalue weighted by atomic mass is 16.1. The number of benzene rings is 1. The van der Waals surface area contributed by atoms with Gasteiger partial charge in [0, 0.05) is 24.6 Å². The highest BCUT2D eigenvalue weighted by Crippen LogP contribution is 2.05. The Kier molecular flexibility index (Phi) is 3.91. The van der Waals surface area contributed by atoms with Crippen molar-refractivity contribution >= 4 is 11.6 Å². The second-order valence-corrected chi connectivity index (χ2v) is 4.05. The molecule has 0 saturated heterocycles. The van der Waals surface area contributed by atoms with E-state index in [1.54, 1.807) is 12.4 Å². The second-order valence-electron chi connectivity index (χ2n) is 4.05. The molecule has 1 amide bonds. The summed E-state index contributed by atoms with van der Waals surface area (Å²) in [4.78, 5) is 15.6. The molecule has 1 aromatic heterocycles. The van der Waals surface area contributed by atoms with E-state index >= 15 is 0 Å². The van der Waals surface area contributed by atoms with Crippen LogP contribution in [-0.4, -0.2) is 10.9 Å². The molecule has 3 N–H and O–H groups in total. The molecule has 0 aliphatic heterocycles. The predicted octanol–water partition coefficient (Wildman–Crippen LogP) is 1.52. The zero-order chi connectivity index (χ0) is 12.8. The van der Waals surface area contributed by atoms with Crippen molar-refractivity contribution in [2.24, 2.45) is 0 Å². The van der Waals surface area contributed by atoms with E-state index in [4.69, 9.17) is 5.73 Å². The van der Waals surface area contributed by atoms with Crippen LogP contribution in [0.4, 0.5) is 5.69 Å². The molecule has 1 heterocycles. The molecule has 0 bridgehead atoms. The topological polar surface area (TPSA) is 68.0 Å². The Balaban J connectivity index is 1.83. The van der Waals surface area contributed by atoms with Gasteiger partial charge in [-0.2, -0.15) is 0 Å². The molecule has 0 atom stereocenters. The van der Waals surface area contributed by atoms with E-state index in [0.717, 1.165) is 16.8 Å². The molecule has 18 heavy (non-hydrogen) atoms. The van der Waals surface area contributed by atoms with Gasteiger partial charge in [-0.3, -0.25) is 9.78 Å². The summed E-state index contributed by atoms with van der Waals surface area (Å²) >= 11 is 0. The smallest absolute Gasteiger partial charge is 0.224 e. The fourth-order valence-corrected chi connectivity index (χ4v) is 1.58. The normalized spacial score (nSPS) is 10.0. The highest BCUT2D eigenvalue weighted by Gasteiger charge is 2.02. The average molecular weight is 241 g/mol. The van der Waals surface area contributed by atoms with Crippen molar-refractivity contribution in [1.29, 1.82) is 0 Å². The maximum atomic E-state index is 11.7. The molecule has 0 radical (unpaired) electrons. The van der Waals surface area contributed by atoms with Crippen LogP contribution in [0.25, 0.3) is 0 Å². The van der Waals surface area contributed by atoms with Crippen LogP contribution in [0.3, 0.4) is 0 Å². The van der Waals surface area contributed by atoms with Gasteiger partial charge in [-0.1, -0.05) is 12.1 Å². The molecule has 0 fully saturated rings. The number of hydrogen-bond acceptors (Lipinski definition) is 3. The largest absolute Gasteiger partial charge is 0.399 e. The first-order chi connectivity index (χ1) is 8.74. The van der Waals surface area contributed by atoms with E-state index in [1.807, 2.05) is 36.4 Å². The second kappa shape index (κ2) is 5.82. The summed E-state index contributed by atoms with van der Waals surface area (Å²) in [6.45, 7) is 0.518. The zero-order valence-electron chi connectivity index (χ0n) is 9.97. The fourth-order valence-electron chi connectivity index (χ4n) is 1.58. The van der Waals surface area contributed by atoms with E-state index in [-0.39, 0.29) is 5.91 Å². The van der Waals surface area contributed by atoms with E-state index < -0.39 is 0 Å². The van der Waals surface area contributed by atoms with Gasteiger partial charge in [-0.25, -0.2) is 0 Å². The van der Waals surface area contributed by atoms with Gasteiger partial charge in [0.15, 0.2) is 0 Å². The van der Waals surface area contributed by atoms with Gasteiger partial charge in [0.25, 0.3) is 0 Å². The SMILES string of the molecule is Nc1ccc(CNC(=O)Cc2ccncc2)cc1. The summed E-state index contributed by atoms with van der Waals surface area (Å²) in [7, 11) is 0. The number of carbonyl (C=O) groups excluding carboxylic acids is 1. The summed E-state index contributed by atoms with van der Waals surface area (Å²) in [6, 6.07) is 11.1. The van der Waals surface area contributed by atoms with Crippen LogP contribution in [0.1, 0.15) is 11.1 Å². The van der Waals surface area contributed by atoms with E-state index in [0.29, 0.717) is 13.0 Å². The monoisotopic (exact) mass is 241 g/mol. The number of aromatic nitrogens is 1. The van der Waals surface area contributed by atoms with Gasteiger partial charge in [-0.05, 0) is 35.4 Å². The first-order valence-corrected chi connectivity index (χ1v) is 5.74. The average Bonchev–Trinajstić information content (AvgIpc) is 2.39. The number of amides is 1. The Morgan fingerprint density at radius 2 is 1.72 bits per heavy atom. The van der Waals surface area contributed by atoms with Crippen LogP contribution >= 0.6 is 0 Å². The number of pyridine rings is 1. The Labute approximate surface area is 106 Å². The van der Waals surface area contributed by atoms with Gasteiger partial charge < -0.3 is 11.1 Å². The minimum atomic E-state index is -0.00183. The van der Waals surface area contributed by atoms with Crippen molar-refractivity contribution in [2.45, 2.75) is 13.0 Å². The predicted molar refractivity (Wildman–Crippen MR) is 70.6 cm³/mol. The van der Waals surface area contributed by atoms with Gasteiger partial charge >= 0.3 is 0 Å². The van der Waals surface area contributed by atoms with E-state index in [1.165, 1.54) is 0 Å². The van der Waals surface area contributed by atoms with Crippen molar-refractivity contribution in [3.63, 3.8) is 0 Å². The van der Waals surface area contributed by atoms with Crippen LogP contribution in [0, 0.1) is 0 Å². The molecule has 0 aliphatic carbocycles. The minimum Gasteiger partial charge on any atom is -0.399 e. The number of nitrogen functional groups attached to an aromatic ring is 1. The number of nitrogens with zero attached hydrogens (tertiary/aromatic N) is 1. The lowest BCUT2D eigenvalue weighted by Crippen LogP contribution is -2.24.